The van der Waals surface area contributed by atoms with Crippen molar-refractivity contribution >= 4 is 29.4 Å². The summed E-state index contributed by atoms with van der Waals surface area (Å²) in [5.41, 5.74) is 3.05. The van der Waals surface area contributed by atoms with Gasteiger partial charge in [-0.1, -0.05) is 19.0 Å². The Hall–Kier alpha value is -1.66. The third-order valence-electron chi connectivity index (χ3n) is 5.46. The van der Waals surface area contributed by atoms with Crippen molar-refractivity contribution in [3.8, 4) is 0 Å². The van der Waals surface area contributed by atoms with Gasteiger partial charge in [0, 0.05) is 30.7 Å². The lowest BCUT2D eigenvalue weighted by Crippen LogP contribution is -2.44. The van der Waals surface area contributed by atoms with Crippen LogP contribution in [0.5, 0.6) is 0 Å². The van der Waals surface area contributed by atoms with E-state index in [1.165, 1.54) is 0 Å². The standard InChI is InChI=1S/C19H26N4O2.ClH/c1-11(2)17-16-14(19(24)23-8-6-13(20-3)7-9-23)10-15(12-4-5-12)21-18(16)25-22-17;/h10-13,20H,4-9H2,1-3H3;1H. The summed E-state index contributed by atoms with van der Waals surface area (Å²) < 4.78 is 5.50. The summed E-state index contributed by atoms with van der Waals surface area (Å²) in [7, 11) is 1.99. The highest BCUT2D eigenvalue weighted by Crippen LogP contribution is 2.41. The largest absolute Gasteiger partial charge is 0.339 e. The number of nitrogens with zero attached hydrogens (tertiary/aromatic N) is 3. The predicted octanol–water partition coefficient (Wildman–Crippen LogP) is 3.47. The maximum atomic E-state index is 13.3. The molecule has 0 atom stereocenters. The van der Waals surface area contributed by atoms with Crippen molar-refractivity contribution in [3.63, 3.8) is 0 Å². The van der Waals surface area contributed by atoms with E-state index in [-0.39, 0.29) is 24.2 Å². The van der Waals surface area contributed by atoms with Crippen LogP contribution in [0.15, 0.2) is 10.6 Å². The van der Waals surface area contributed by atoms with Gasteiger partial charge in [-0.3, -0.25) is 4.79 Å². The van der Waals surface area contributed by atoms with E-state index in [4.69, 9.17) is 4.52 Å². The lowest BCUT2D eigenvalue weighted by Gasteiger charge is -2.32. The highest BCUT2D eigenvalue weighted by Gasteiger charge is 2.31. The van der Waals surface area contributed by atoms with E-state index >= 15 is 0 Å². The van der Waals surface area contributed by atoms with Crippen LogP contribution in [0.4, 0.5) is 0 Å². The van der Waals surface area contributed by atoms with Gasteiger partial charge >= 0.3 is 0 Å². The molecule has 1 saturated carbocycles. The Labute approximate surface area is 160 Å². The van der Waals surface area contributed by atoms with Crippen LogP contribution in [-0.2, 0) is 0 Å². The van der Waals surface area contributed by atoms with Crippen LogP contribution in [0.3, 0.4) is 0 Å². The number of nitrogens with one attached hydrogen (secondary N) is 1. The molecule has 0 aromatic carbocycles. The van der Waals surface area contributed by atoms with Crippen molar-refractivity contribution in [2.24, 2.45) is 0 Å². The Kier molecular flexibility index (Phi) is 5.53. The fourth-order valence-electron chi connectivity index (χ4n) is 3.68. The number of hydrogen-bond acceptors (Lipinski definition) is 5. The molecule has 1 amide bonds. The average molecular weight is 379 g/mol. The summed E-state index contributed by atoms with van der Waals surface area (Å²) in [5.74, 6) is 0.754. The molecule has 2 aliphatic rings. The lowest BCUT2D eigenvalue weighted by molar-refractivity contribution is 0.0709. The highest BCUT2D eigenvalue weighted by atomic mass is 35.5. The van der Waals surface area contributed by atoms with E-state index in [0.717, 1.165) is 61.1 Å². The van der Waals surface area contributed by atoms with Crippen LogP contribution >= 0.6 is 12.4 Å². The molecule has 2 fully saturated rings. The minimum absolute atomic E-state index is 0. The van der Waals surface area contributed by atoms with Gasteiger partial charge in [-0.05, 0) is 44.7 Å². The Morgan fingerprint density at radius 2 is 1.96 bits per heavy atom. The number of likely N-dealkylation sites (tertiary alicyclic amines) is 1. The molecular formula is C19H27ClN4O2. The Balaban J connectivity index is 0.00000196. The van der Waals surface area contributed by atoms with E-state index in [9.17, 15) is 4.79 Å². The molecule has 1 aliphatic heterocycles. The lowest BCUT2D eigenvalue weighted by atomic mass is 9.99. The smallest absolute Gasteiger partial charge is 0.259 e. The number of amides is 1. The van der Waals surface area contributed by atoms with Crippen molar-refractivity contribution in [3.05, 3.63) is 23.0 Å². The summed E-state index contributed by atoms with van der Waals surface area (Å²) >= 11 is 0. The van der Waals surface area contributed by atoms with Gasteiger partial charge in [-0.25, -0.2) is 4.98 Å². The minimum atomic E-state index is 0. The van der Waals surface area contributed by atoms with Crippen LogP contribution in [0, 0.1) is 0 Å². The molecule has 6 nitrogen and oxygen atoms in total. The van der Waals surface area contributed by atoms with Crippen LogP contribution in [0.1, 0.15) is 73.1 Å². The van der Waals surface area contributed by atoms with Crippen molar-refractivity contribution in [1.29, 1.82) is 0 Å². The zero-order chi connectivity index (χ0) is 17.6. The van der Waals surface area contributed by atoms with Gasteiger partial charge in [-0.15, -0.1) is 12.4 Å². The second-order valence-electron chi connectivity index (χ2n) is 7.63. The topological polar surface area (TPSA) is 71.3 Å². The van der Waals surface area contributed by atoms with Crippen molar-refractivity contribution in [2.45, 2.75) is 57.4 Å². The maximum absolute atomic E-state index is 13.3. The molecule has 1 aliphatic carbocycles. The highest BCUT2D eigenvalue weighted by molar-refractivity contribution is 6.06. The number of pyridine rings is 1. The van der Waals surface area contributed by atoms with E-state index < -0.39 is 0 Å². The normalized spacial score (nSPS) is 18.4. The van der Waals surface area contributed by atoms with Crippen LogP contribution in [0.25, 0.3) is 11.1 Å². The Morgan fingerprint density at radius 3 is 2.54 bits per heavy atom. The molecule has 1 saturated heterocycles. The summed E-state index contributed by atoms with van der Waals surface area (Å²) in [4.78, 5) is 19.9. The van der Waals surface area contributed by atoms with E-state index in [2.05, 4.69) is 29.3 Å². The zero-order valence-corrected chi connectivity index (χ0v) is 16.4. The first-order chi connectivity index (χ1) is 12.1. The molecule has 7 heteroatoms. The van der Waals surface area contributed by atoms with E-state index in [1.54, 1.807) is 0 Å². The molecule has 4 rings (SSSR count). The third kappa shape index (κ3) is 3.45. The molecular weight excluding hydrogens is 352 g/mol. The maximum Gasteiger partial charge on any atom is 0.259 e. The molecule has 26 heavy (non-hydrogen) atoms. The van der Waals surface area contributed by atoms with Crippen molar-refractivity contribution in [1.82, 2.24) is 20.4 Å². The summed E-state index contributed by atoms with van der Waals surface area (Å²) in [5, 5.41) is 8.33. The van der Waals surface area contributed by atoms with Gasteiger partial charge in [0.2, 0.25) is 0 Å². The number of carbonyl (C=O) groups excluding carboxylic acids is 1. The first-order valence-corrected chi connectivity index (χ1v) is 9.35. The third-order valence-corrected chi connectivity index (χ3v) is 5.46. The van der Waals surface area contributed by atoms with Gasteiger partial charge in [0.05, 0.1) is 16.6 Å². The fourth-order valence-corrected chi connectivity index (χ4v) is 3.68. The van der Waals surface area contributed by atoms with Crippen molar-refractivity contribution < 1.29 is 9.32 Å². The fraction of sp³-hybridized carbons (Fsp3) is 0.632. The molecule has 2 aromatic heterocycles. The number of halogens is 1. The molecule has 0 spiro atoms. The Morgan fingerprint density at radius 1 is 1.27 bits per heavy atom. The Bertz CT molecular complexity index is 792. The SMILES string of the molecule is CNC1CCN(C(=O)c2cc(C3CC3)nc3onc(C(C)C)c23)CC1.Cl. The number of aromatic nitrogens is 2. The van der Waals surface area contributed by atoms with Gasteiger partial charge in [0.15, 0.2) is 0 Å². The molecule has 142 valence electrons. The van der Waals surface area contributed by atoms with Crippen LogP contribution in [-0.4, -0.2) is 47.1 Å². The average Bonchev–Trinajstić information content (AvgIpc) is 3.39. The zero-order valence-electron chi connectivity index (χ0n) is 15.6. The predicted molar refractivity (Wildman–Crippen MR) is 103 cm³/mol. The summed E-state index contributed by atoms with van der Waals surface area (Å²) in [6.07, 6.45) is 4.27. The van der Waals surface area contributed by atoms with Gasteiger partial charge < -0.3 is 14.7 Å². The number of piperidine rings is 1. The summed E-state index contributed by atoms with van der Waals surface area (Å²) in [6, 6.07) is 2.50. The van der Waals surface area contributed by atoms with E-state index in [0.29, 0.717) is 17.7 Å². The number of carbonyl (C=O) groups is 1. The van der Waals surface area contributed by atoms with Gasteiger partial charge in [-0.2, -0.15) is 0 Å². The molecule has 0 radical (unpaired) electrons. The molecule has 2 aromatic rings. The van der Waals surface area contributed by atoms with Gasteiger partial charge in [0.1, 0.15) is 0 Å². The van der Waals surface area contributed by atoms with Crippen LogP contribution < -0.4 is 5.32 Å². The first-order valence-electron chi connectivity index (χ1n) is 9.35. The minimum Gasteiger partial charge on any atom is -0.339 e. The molecule has 0 bridgehead atoms. The molecule has 1 N–H and O–H groups in total. The second-order valence-corrected chi connectivity index (χ2v) is 7.63. The first kappa shape index (κ1) is 19.1. The van der Waals surface area contributed by atoms with E-state index in [1.807, 2.05) is 18.0 Å². The van der Waals surface area contributed by atoms with Gasteiger partial charge in [0.25, 0.3) is 11.6 Å². The van der Waals surface area contributed by atoms with Crippen molar-refractivity contribution in [2.75, 3.05) is 20.1 Å². The number of fused-ring (bicyclic) bond motifs is 1. The quantitative estimate of drug-likeness (QED) is 0.881. The molecule has 0 unspecified atom stereocenters. The monoisotopic (exact) mass is 378 g/mol. The molecule has 3 heterocycles. The number of hydrogen-bond donors (Lipinski definition) is 1. The summed E-state index contributed by atoms with van der Waals surface area (Å²) in [6.45, 7) is 5.71. The van der Waals surface area contributed by atoms with Crippen LogP contribution in [0.2, 0.25) is 0 Å². The second kappa shape index (κ2) is 7.53. The number of rotatable bonds is 4.